The first-order valence-electron chi connectivity index (χ1n) is 43.7. The number of morpholine rings is 3. The summed E-state index contributed by atoms with van der Waals surface area (Å²) in [5.74, 6) is 3.24. The van der Waals surface area contributed by atoms with Crippen LogP contribution in [0.2, 0.25) is 40.2 Å². The predicted octanol–water partition coefficient (Wildman–Crippen LogP) is 4.12. The Morgan fingerprint density at radius 3 is 0.842 bits per heavy atom. The van der Waals surface area contributed by atoms with E-state index in [-0.39, 0.29) is 538 Å². The first-order chi connectivity index (χ1) is 60.8. The molecule has 0 spiro atoms. The standard InChI is InChI=1S/3C16H22NO3.2C13H15Cl2O2.2C12H13Cl2O2.7Cs/c2*1-13-10-16(19-11-13)20-12-14-2-4-15(5-3-14)17-6-8-18-9-7-17;1-13-9-16(19-11-13)20-12-14-3-2-4-15(10-14)17-5-7-18-8-6-17;2*1-8-5-13(16-7-8)17-9(2)10-3-4-11(14)12(15)6-10;2*1-8-4-12(15-6-8)16-7-9-5-10(13)2-3-11(9)14;;;;;;;/h2*2-5,11,13,16H,6-10,12H2,1H3;2-4,10-11,13,16H,5-9,12H2,1H3;2*3-4,6-9,13H,5H2,1-2H3;2*2-3,5-6,8,12H,4,7H2,1H3;;;;;;;/q7*-1;7*+1/t3*13-,16?;8-,9+,13?;8-,9-,13?;2*8-,12?;;;;;;;/m1111111......./s1. The van der Waals surface area contributed by atoms with Crippen molar-refractivity contribution in [2.75, 3.05) is 93.6 Å². The molecule has 0 bridgehead atoms. The van der Waals surface area contributed by atoms with Gasteiger partial charge in [-0.15, -0.1) is 41.4 Å². The van der Waals surface area contributed by atoms with Gasteiger partial charge < -0.3 is 95.2 Å². The average molecular weight is 2830 g/mol. The summed E-state index contributed by atoms with van der Waals surface area (Å²) in [4.78, 5) is 7.06. The van der Waals surface area contributed by atoms with Crippen molar-refractivity contribution < 1.29 is 563 Å². The number of nitrogens with zero attached hydrogens (tertiary/aromatic N) is 3. The molecule has 694 valence electrons. The second-order valence-corrected chi connectivity index (χ2v) is 36.5. The molecule has 133 heavy (non-hydrogen) atoms. The molecule has 10 aliphatic heterocycles. The molecule has 7 unspecified atom stereocenters. The summed E-state index contributed by atoms with van der Waals surface area (Å²) >= 11 is 47.5. The molecule has 0 aliphatic carbocycles. The second kappa shape index (κ2) is 75.7. The molecular formula is C98H122Cl8Cs7N3O17. The average Bonchev–Trinajstić information content (AvgIpc) is 1.79. The number of rotatable bonds is 24. The summed E-state index contributed by atoms with van der Waals surface area (Å²) in [5.41, 5.74) is 11.1. The predicted molar refractivity (Wildman–Crippen MR) is 498 cm³/mol. The minimum atomic E-state index is -0.162. The Morgan fingerprint density at radius 2 is 0.556 bits per heavy atom. The van der Waals surface area contributed by atoms with Crippen molar-refractivity contribution in [1.29, 1.82) is 0 Å². The minimum Gasteiger partial charge on any atom is -0.529 e. The molecule has 0 saturated carbocycles. The van der Waals surface area contributed by atoms with Crippen LogP contribution < -0.4 is 497 Å². The molecule has 10 fully saturated rings. The molecule has 17 rings (SSSR count). The maximum absolute atomic E-state index is 6.02. The zero-order chi connectivity index (χ0) is 89.3. The van der Waals surface area contributed by atoms with Crippen LogP contribution in [-0.4, -0.2) is 123 Å². The van der Waals surface area contributed by atoms with E-state index in [1.807, 2.05) is 96.5 Å². The molecule has 7 aromatic carbocycles. The molecule has 7 aromatic rings. The molecule has 0 radical (unpaired) electrons. The van der Waals surface area contributed by atoms with Crippen molar-refractivity contribution in [2.45, 2.75) is 197 Å². The fourth-order valence-electron chi connectivity index (χ4n) is 14.5. The summed E-state index contributed by atoms with van der Waals surface area (Å²) in [6.07, 6.45) is 5.40. The second-order valence-electron chi connectivity index (χ2n) is 33.1. The summed E-state index contributed by atoms with van der Waals surface area (Å²) in [6.45, 7) is 45.0. The van der Waals surface area contributed by atoms with Crippen molar-refractivity contribution in [3.8, 4) is 0 Å². The van der Waals surface area contributed by atoms with E-state index in [1.165, 1.54) is 33.8 Å². The minimum absolute atomic E-state index is 0. The maximum Gasteiger partial charge on any atom is 1.00 e. The third-order valence-electron chi connectivity index (χ3n) is 21.8. The Morgan fingerprint density at radius 1 is 0.286 bits per heavy atom. The normalized spacial score (nSPS) is 24.8. The van der Waals surface area contributed by atoms with Crippen molar-refractivity contribution in [1.82, 2.24) is 0 Å². The van der Waals surface area contributed by atoms with E-state index in [9.17, 15) is 0 Å². The summed E-state index contributed by atoms with van der Waals surface area (Å²) in [5, 5.41) is 4.87. The molecule has 0 N–H and O–H groups in total. The quantitative estimate of drug-likeness (QED) is 0.0793. The van der Waals surface area contributed by atoms with Gasteiger partial charge in [-0.25, -0.2) is 46.2 Å². The van der Waals surface area contributed by atoms with Gasteiger partial charge in [0, 0.05) is 76.4 Å². The zero-order valence-electron chi connectivity index (χ0n) is 80.4. The van der Waals surface area contributed by atoms with E-state index in [0.717, 1.165) is 146 Å². The molecule has 0 aromatic heterocycles. The molecule has 0 amide bonds. The zero-order valence-corrected chi connectivity index (χ0v) is 130. The maximum atomic E-state index is 6.02. The number of anilines is 3. The number of ether oxygens (including phenoxy) is 17. The number of hydrogen-bond acceptors (Lipinski definition) is 20. The van der Waals surface area contributed by atoms with Crippen LogP contribution in [0.25, 0.3) is 0 Å². The van der Waals surface area contributed by atoms with E-state index in [2.05, 4.69) is 136 Å². The van der Waals surface area contributed by atoms with Crippen molar-refractivity contribution in [2.24, 2.45) is 41.4 Å². The monoisotopic (exact) mass is 2820 g/mol. The van der Waals surface area contributed by atoms with E-state index in [1.54, 1.807) is 36.4 Å². The summed E-state index contributed by atoms with van der Waals surface area (Å²) < 4.78 is 94.1. The van der Waals surface area contributed by atoms with Crippen LogP contribution in [0, 0.1) is 87.7 Å². The van der Waals surface area contributed by atoms with E-state index < -0.39 is 0 Å². The SMILES string of the molecule is C[C@H](OC1C[C@@H](C)[CH-]O1)c1ccc(Cl)c(Cl)c1.C[C@H]1[CH-]OC(OCc2cc(Cl)ccc2Cl)C1.C[C@H]1[CH-]OC(OCc2cc(Cl)ccc2Cl)C1.C[C@H]1[CH-]OC(OCc2ccc(N3CCOCC3)cc2)C1.C[C@H]1[CH-]OC(OCc2ccc(N3CCOCC3)cc2)C1.C[C@H]1[CH-]OC(OCc2cccc(N3CCOCC3)c2)C1.C[C@H]1[CH-]OC(O[C@H](C)c2ccc(Cl)c(Cl)c2)C1.[Cs+].[Cs+].[Cs+].[Cs+].[Cs+].[Cs+].[Cs+]. The Bertz CT molecular complexity index is 4120. The van der Waals surface area contributed by atoms with E-state index in [4.69, 9.17) is 173 Å². The van der Waals surface area contributed by atoms with Gasteiger partial charge in [-0.05, 0) is 195 Å². The summed E-state index contributed by atoms with van der Waals surface area (Å²) in [6, 6.07) is 47.5. The largest absolute Gasteiger partial charge is 1.00 e. The fourth-order valence-corrected chi connectivity index (χ4v) is 15.8. The smallest absolute Gasteiger partial charge is 0.529 e. The fraction of sp³-hybridized carbons (Fsp3) is 0.500. The first kappa shape index (κ1) is 135. The van der Waals surface area contributed by atoms with Crippen LogP contribution in [-0.2, 0) is 114 Å². The van der Waals surface area contributed by atoms with Gasteiger partial charge in [-0.2, -0.15) is 0 Å². The van der Waals surface area contributed by atoms with E-state index in [0.29, 0.717) is 115 Å². The van der Waals surface area contributed by atoms with Gasteiger partial charge in [0.25, 0.3) is 0 Å². The molecule has 10 saturated heterocycles. The molecule has 10 heterocycles. The van der Waals surface area contributed by atoms with Gasteiger partial charge in [-0.1, -0.05) is 190 Å². The number of hydrogen-bond donors (Lipinski definition) is 0. The molecule has 35 heteroatoms. The van der Waals surface area contributed by atoms with Crippen LogP contribution >= 0.6 is 92.8 Å². The topological polar surface area (TPSA) is 167 Å². The third kappa shape index (κ3) is 51.7. The van der Waals surface area contributed by atoms with Gasteiger partial charge in [0.1, 0.15) is 44.0 Å². The number of halogens is 8. The Labute approximate surface area is 1240 Å². The third-order valence-corrected chi connectivity index (χ3v) is 24.5. The van der Waals surface area contributed by atoms with Crippen molar-refractivity contribution in [3.05, 3.63) is 271 Å². The Hall–Kier alpha value is 9.94. The van der Waals surface area contributed by atoms with Gasteiger partial charge in [-0.3, -0.25) is 0 Å². The van der Waals surface area contributed by atoms with Crippen LogP contribution in [0.15, 0.2) is 146 Å². The van der Waals surface area contributed by atoms with Gasteiger partial charge in [0.15, 0.2) is 0 Å². The van der Waals surface area contributed by atoms with Crippen molar-refractivity contribution in [3.63, 3.8) is 0 Å². The van der Waals surface area contributed by atoms with Crippen LogP contribution in [0.5, 0.6) is 0 Å². The van der Waals surface area contributed by atoms with Crippen LogP contribution in [0.1, 0.15) is 158 Å². The summed E-state index contributed by atoms with van der Waals surface area (Å²) in [7, 11) is 0. The van der Waals surface area contributed by atoms with Crippen molar-refractivity contribution >= 4 is 110 Å². The van der Waals surface area contributed by atoms with E-state index >= 15 is 0 Å². The van der Waals surface area contributed by atoms with Crippen LogP contribution in [0.4, 0.5) is 17.1 Å². The first-order valence-corrected chi connectivity index (χ1v) is 46.7. The molecule has 20 nitrogen and oxygen atoms in total. The van der Waals surface area contributed by atoms with Gasteiger partial charge in [0.2, 0.25) is 0 Å². The Kier molecular flexibility index (Phi) is 77.0. The van der Waals surface area contributed by atoms with Gasteiger partial charge >= 0.3 is 482 Å². The Balaban J connectivity index is 0.000000322. The number of benzene rings is 7. The molecular weight excluding hydrogens is 2710 g/mol. The van der Waals surface area contributed by atoms with Gasteiger partial charge in [0.05, 0.1) is 105 Å². The molecule has 10 aliphatic rings. The molecule has 16 atom stereocenters. The van der Waals surface area contributed by atoms with Crippen LogP contribution in [0.3, 0.4) is 0 Å².